The lowest BCUT2D eigenvalue weighted by atomic mass is 9.81. The van der Waals surface area contributed by atoms with Crippen molar-refractivity contribution >= 4 is 11.6 Å². The first-order valence-corrected chi connectivity index (χ1v) is 5.91. The van der Waals surface area contributed by atoms with Crippen molar-refractivity contribution in [1.82, 2.24) is 5.32 Å². The molecule has 0 aliphatic carbocycles. The molecule has 0 aliphatic heterocycles. The lowest BCUT2D eigenvalue weighted by Gasteiger charge is -2.25. The smallest absolute Gasteiger partial charge is 0.0406 e. The van der Waals surface area contributed by atoms with Crippen LogP contribution in [0.15, 0.2) is 24.3 Å². The van der Waals surface area contributed by atoms with E-state index >= 15 is 0 Å². The van der Waals surface area contributed by atoms with Gasteiger partial charge in [0.05, 0.1) is 0 Å². The van der Waals surface area contributed by atoms with E-state index in [-0.39, 0.29) is 5.41 Å². The summed E-state index contributed by atoms with van der Waals surface area (Å²) in [5, 5.41) is 4.17. The molecule has 0 bridgehead atoms. The van der Waals surface area contributed by atoms with E-state index in [4.69, 9.17) is 11.6 Å². The fraction of sp³-hybridized carbons (Fsp3) is 0.538. The van der Waals surface area contributed by atoms with Gasteiger partial charge < -0.3 is 5.32 Å². The summed E-state index contributed by atoms with van der Waals surface area (Å²) in [6, 6.07) is 8.17. The molecular formula is C13H20ClN. The molecule has 1 N–H and O–H groups in total. The Hall–Kier alpha value is -0.530. The molecule has 0 fully saturated rings. The number of nitrogens with one attached hydrogen (secondary N) is 1. The maximum Gasteiger partial charge on any atom is 0.0406 e. The Kier molecular flexibility index (Phi) is 4.62. The van der Waals surface area contributed by atoms with Crippen LogP contribution >= 0.6 is 11.6 Å². The van der Waals surface area contributed by atoms with Gasteiger partial charge in [0, 0.05) is 5.02 Å². The van der Waals surface area contributed by atoms with Crippen LogP contribution < -0.4 is 5.32 Å². The van der Waals surface area contributed by atoms with Gasteiger partial charge in [0.15, 0.2) is 0 Å². The van der Waals surface area contributed by atoms with Gasteiger partial charge in [-0.05, 0) is 42.6 Å². The van der Waals surface area contributed by atoms with Gasteiger partial charge in [-0.2, -0.15) is 0 Å². The summed E-state index contributed by atoms with van der Waals surface area (Å²) in [4.78, 5) is 0. The molecule has 1 aromatic rings. The zero-order valence-corrected chi connectivity index (χ0v) is 10.6. The Morgan fingerprint density at radius 3 is 2.33 bits per heavy atom. The van der Waals surface area contributed by atoms with Crippen molar-refractivity contribution in [3.8, 4) is 0 Å². The summed E-state index contributed by atoms with van der Waals surface area (Å²) in [7, 11) is 0. The Morgan fingerprint density at radius 1 is 1.20 bits per heavy atom. The van der Waals surface area contributed by atoms with E-state index in [1.165, 1.54) is 5.56 Å². The molecule has 0 atom stereocenters. The van der Waals surface area contributed by atoms with Crippen molar-refractivity contribution in [2.75, 3.05) is 13.1 Å². The van der Waals surface area contributed by atoms with E-state index < -0.39 is 0 Å². The molecule has 0 aliphatic rings. The Bertz CT molecular complexity index is 290. The van der Waals surface area contributed by atoms with Crippen LogP contribution in [0.4, 0.5) is 0 Å². The van der Waals surface area contributed by atoms with Crippen LogP contribution in [0.1, 0.15) is 32.8 Å². The maximum atomic E-state index is 5.88. The highest BCUT2D eigenvalue weighted by molar-refractivity contribution is 6.30. The van der Waals surface area contributed by atoms with Crippen molar-refractivity contribution in [3.05, 3.63) is 34.9 Å². The van der Waals surface area contributed by atoms with Crippen molar-refractivity contribution < 1.29 is 0 Å². The van der Waals surface area contributed by atoms with Crippen LogP contribution in [-0.2, 0) is 5.41 Å². The third kappa shape index (κ3) is 3.84. The second-order valence-electron chi connectivity index (χ2n) is 4.49. The standard InChI is InChI=1S/C13H20ClN/c1-4-15-10-9-13(2,3)11-5-7-12(14)8-6-11/h5-8,15H,4,9-10H2,1-3H3. The summed E-state index contributed by atoms with van der Waals surface area (Å²) < 4.78 is 0. The molecule has 0 aromatic heterocycles. The minimum Gasteiger partial charge on any atom is -0.317 e. The first-order valence-electron chi connectivity index (χ1n) is 5.53. The van der Waals surface area contributed by atoms with Crippen LogP contribution in [0.25, 0.3) is 0 Å². The van der Waals surface area contributed by atoms with Gasteiger partial charge in [0.1, 0.15) is 0 Å². The van der Waals surface area contributed by atoms with Crippen LogP contribution in [0.5, 0.6) is 0 Å². The topological polar surface area (TPSA) is 12.0 Å². The molecule has 0 spiro atoms. The Morgan fingerprint density at radius 2 is 1.80 bits per heavy atom. The Balaban J connectivity index is 2.63. The molecule has 1 rings (SSSR count). The third-order valence-corrected chi connectivity index (χ3v) is 3.05. The first-order chi connectivity index (χ1) is 7.06. The molecule has 1 aromatic carbocycles. The van der Waals surface area contributed by atoms with Gasteiger partial charge in [-0.1, -0.05) is 44.5 Å². The van der Waals surface area contributed by atoms with Gasteiger partial charge in [-0.3, -0.25) is 0 Å². The van der Waals surface area contributed by atoms with E-state index in [0.717, 1.165) is 24.5 Å². The zero-order chi connectivity index (χ0) is 11.3. The molecule has 2 heteroatoms. The molecular weight excluding hydrogens is 206 g/mol. The maximum absolute atomic E-state index is 5.88. The van der Waals surface area contributed by atoms with E-state index in [9.17, 15) is 0 Å². The van der Waals surface area contributed by atoms with Gasteiger partial charge in [-0.25, -0.2) is 0 Å². The predicted octanol–water partition coefficient (Wildman–Crippen LogP) is 3.62. The predicted molar refractivity (Wildman–Crippen MR) is 67.6 cm³/mol. The van der Waals surface area contributed by atoms with Gasteiger partial charge in [0.2, 0.25) is 0 Å². The molecule has 0 saturated carbocycles. The lowest BCUT2D eigenvalue weighted by Crippen LogP contribution is -2.25. The SMILES string of the molecule is CCNCCC(C)(C)c1ccc(Cl)cc1. The first kappa shape index (κ1) is 12.5. The van der Waals surface area contributed by atoms with Gasteiger partial charge >= 0.3 is 0 Å². The minimum atomic E-state index is 0.215. The average molecular weight is 226 g/mol. The molecule has 0 heterocycles. The van der Waals surface area contributed by atoms with Crippen molar-refractivity contribution in [2.24, 2.45) is 0 Å². The second-order valence-corrected chi connectivity index (χ2v) is 4.93. The lowest BCUT2D eigenvalue weighted by molar-refractivity contribution is 0.461. The van der Waals surface area contributed by atoms with Crippen molar-refractivity contribution in [1.29, 1.82) is 0 Å². The third-order valence-electron chi connectivity index (χ3n) is 2.80. The number of hydrogen-bond acceptors (Lipinski definition) is 1. The second kappa shape index (κ2) is 5.53. The molecule has 84 valence electrons. The average Bonchev–Trinajstić information content (AvgIpc) is 2.18. The highest BCUT2D eigenvalue weighted by atomic mass is 35.5. The quantitative estimate of drug-likeness (QED) is 0.755. The number of hydrogen-bond donors (Lipinski definition) is 1. The normalized spacial score (nSPS) is 11.7. The number of halogens is 1. The fourth-order valence-corrected chi connectivity index (χ4v) is 1.75. The van der Waals surface area contributed by atoms with E-state index in [2.05, 4.69) is 38.2 Å². The summed E-state index contributed by atoms with van der Waals surface area (Å²) in [5.41, 5.74) is 1.57. The molecule has 0 saturated heterocycles. The van der Waals surface area contributed by atoms with Gasteiger partial charge in [0.25, 0.3) is 0 Å². The van der Waals surface area contributed by atoms with Gasteiger partial charge in [-0.15, -0.1) is 0 Å². The molecule has 15 heavy (non-hydrogen) atoms. The molecule has 0 amide bonds. The largest absolute Gasteiger partial charge is 0.317 e. The Labute approximate surface area is 97.8 Å². The summed E-state index contributed by atoms with van der Waals surface area (Å²) >= 11 is 5.88. The fourth-order valence-electron chi connectivity index (χ4n) is 1.62. The minimum absolute atomic E-state index is 0.215. The van der Waals surface area contributed by atoms with Crippen LogP contribution in [-0.4, -0.2) is 13.1 Å². The number of rotatable bonds is 5. The molecule has 1 nitrogen and oxygen atoms in total. The van der Waals surface area contributed by atoms with E-state index in [1.807, 2.05) is 12.1 Å². The van der Waals surface area contributed by atoms with Crippen LogP contribution in [0.3, 0.4) is 0 Å². The molecule has 0 radical (unpaired) electrons. The number of benzene rings is 1. The highest BCUT2D eigenvalue weighted by Gasteiger charge is 2.19. The van der Waals surface area contributed by atoms with Crippen molar-refractivity contribution in [3.63, 3.8) is 0 Å². The summed E-state index contributed by atoms with van der Waals surface area (Å²) in [6.07, 6.45) is 1.14. The van der Waals surface area contributed by atoms with Crippen LogP contribution in [0.2, 0.25) is 5.02 Å². The summed E-state index contributed by atoms with van der Waals surface area (Å²) in [5.74, 6) is 0. The summed E-state index contributed by atoms with van der Waals surface area (Å²) in [6.45, 7) is 8.78. The highest BCUT2D eigenvalue weighted by Crippen LogP contribution is 2.27. The van der Waals surface area contributed by atoms with Crippen molar-refractivity contribution in [2.45, 2.75) is 32.6 Å². The van der Waals surface area contributed by atoms with E-state index in [1.54, 1.807) is 0 Å². The zero-order valence-electron chi connectivity index (χ0n) is 9.81. The monoisotopic (exact) mass is 225 g/mol. The van der Waals surface area contributed by atoms with E-state index in [0.29, 0.717) is 0 Å². The molecule has 0 unspecified atom stereocenters. The van der Waals surface area contributed by atoms with Crippen LogP contribution in [0, 0.1) is 0 Å².